The van der Waals surface area contributed by atoms with Gasteiger partial charge in [0.2, 0.25) is 0 Å². The summed E-state index contributed by atoms with van der Waals surface area (Å²) < 4.78 is 0. The molecule has 3 heteroatoms. The van der Waals surface area contributed by atoms with E-state index in [2.05, 4.69) is 0 Å². The van der Waals surface area contributed by atoms with Crippen LogP contribution in [0.2, 0.25) is 0 Å². The first-order valence-electron chi connectivity index (χ1n) is 7.36. The molecule has 2 aliphatic rings. The monoisotopic (exact) mass is 259 g/mol. The largest absolute Gasteiger partial charge is 0.508 e. The Labute approximate surface area is 114 Å². The number of carbonyl (C=O) groups is 1. The highest BCUT2D eigenvalue weighted by molar-refractivity contribution is 5.95. The van der Waals surface area contributed by atoms with Crippen LogP contribution in [0.3, 0.4) is 0 Å². The molecule has 1 aliphatic carbocycles. The van der Waals surface area contributed by atoms with Crippen molar-refractivity contribution in [3.63, 3.8) is 0 Å². The Balaban J connectivity index is 1.78. The van der Waals surface area contributed by atoms with Crippen molar-refractivity contribution >= 4 is 5.91 Å². The van der Waals surface area contributed by atoms with Crippen LogP contribution in [0.4, 0.5) is 0 Å². The standard InChI is InChI=1S/C16H21NO2/c18-14-8-3-7-13(11-14)16(19)17-10-4-9-15(17)12-5-1-2-6-12/h3,7-8,11-12,15,18H,1-2,4-6,9-10H2. The molecule has 1 amide bonds. The first-order valence-corrected chi connectivity index (χ1v) is 7.36. The Morgan fingerprint density at radius 3 is 2.68 bits per heavy atom. The number of phenolic OH excluding ortho intramolecular Hbond substituents is 1. The van der Waals surface area contributed by atoms with E-state index in [1.165, 1.54) is 25.7 Å². The summed E-state index contributed by atoms with van der Waals surface area (Å²) >= 11 is 0. The highest BCUT2D eigenvalue weighted by Gasteiger charge is 2.36. The van der Waals surface area contributed by atoms with Crippen molar-refractivity contribution in [2.75, 3.05) is 6.54 Å². The van der Waals surface area contributed by atoms with Gasteiger partial charge in [-0.1, -0.05) is 18.9 Å². The van der Waals surface area contributed by atoms with Crippen molar-refractivity contribution in [3.8, 4) is 5.75 Å². The number of likely N-dealkylation sites (tertiary alicyclic amines) is 1. The molecule has 1 saturated carbocycles. The summed E-state index contributed by atoms with van der Waals surface area (Å²) in [5, 5.41) is 9.51. The summed E-state index contributed by atoms with van der Waals surface area (Å²) in [7, 11) is 0. The van der Waals surface area contributed by atoms with Crippen molar-refractivity contribution < 1.29 is 9.90 Å². The number of phenols is 1. The minimum Gasteiger partial charge on any atom is -0.508 e. The second kappa shape index (κ2) is 5.24. The van der Waals surface area contributed by atoms with Crippen LogP contribution < -0.4 is 0 Å². The molecule has 19 heavy (non-hydrogen) atoms. The van der Waals surface area contributed by atoms with Crippen molar-refractivity contribution in [1.82, 2.24) is 4.90 Å². The molecule has 1 aromatic rings. The summed E-state index contributed by atoms with van der Waals surface area (Å²) in [6.07, 6.45) is 7.44. The summed E-state index contributed by atoms with van der Waals surface area (Å²) in [5.41, 5.74) is 0.616. The Bertz CT molecular complexity index is 466. The zero-order valence-electron chi connectivity index (χ0n) is 11.2. The lowest BCUT2D eigenvalue weighted by atomic mass is 9.95. The van der Waals surface area contributed by atoms with E-state index in [0.29, 0.717) is 17.5 Å². The van der Waals surface area contributed by atoms with Crippen LogP contribution in [0, 0.1) is 5.92 Å². The Morgan fingerprint density at radius 2 is 1.95 bits per heavy atom. The molecule has 1 atom stereocenters. The van der Waals surface area contributed by atoms with Crippen LogP contribution in [0.1, 0.15) is 48.9 Å². The molecule has 2 fully saturated rings. The van der Waals surface area contributed by atoms with E-state index in [4.69, 9.17) is 0 Å². The lowest BCUT2D eigenvalue weighted by molar-refractivity contribution is 0.0688. The van der Waals surface area contributed by atoms with Crippen LogP contribution in [0.15, 0.2) is 24.3 Å². The van der Waals surface area contributed by atoms with Crippen molar-refractivity contribution in [1.29, 1.82) is 0 Å². The second-order valence-corrected chi connectivity index (χ2v) is 5.80. The van der Waals surface area contributed by atoms with Gasteiger partial charge in [-0.15, -0.1) is 0 Å². The fourth-order valence-corrected chi connectivity index (χ4v) is 3.68. The molecule has 3 rings (SSSR count). The third kappa shape index (κ3) is 2.46. The van der Waals surface area contributed by atoms with E-state index in [1.54, 1.807) is 24.3 Å². The molecule has 0 spiro atoms. The van der Waals surface area contributed by atoms with Gasteiger partial charge in [-0.05, 0) is 49.8 Å². The summed E-state index contributed by atoms with van der Waals surface area (Å²) in [5.74, 6) is 0.955. The van der Waals surface area contributed by atoms with E-state index < -0.39 is 0 Å². The van der Waals surface area contributed by atoms with Crippen LogP contribution in [0.25, 0.3) is 0 Å². The molecule has 3 nitrogen and oxygen atoms in total. The van der Waals surface area contributed by atoms with Crippen molar-refractivity contribution in [3.05, 3.63) is 29.8 Å². The maximum atomic E-state index is 12.6. The zero-order chi connectivity index (χ0) is 13.2. The summed E-state index contributed by atoms with van der Waals surface area (Å²) in [6.45, 7) is 0.871. The van der Waals surface area contributed by atoms with Gasteiger partial charge in [-0.25, -0.2) is 0 Å². The van der Waals surface area contributed by atoms with Gasteiger partial charge in [0.1, 0.15) is 5.75 Å². The van der Waals surface area contributed by atoms with Gasteiger partial charge in [0.05, 0.1) is 0 Å². The van der Waals surface area contributed by atoms with Gasteiger partial charge in [0.15, 0.2) is 0 Å². The van der Waals surface area contributed by atoms with Gasteiger partial charge < -0.3 is 10.0 Å². The highest BCUT2D eigenvalue weighted by Crippen LogP contribution is 2.36. The van der Waals surface area contributed by atoms with Crippen molar-refractivity contribution in [2.45, 2.75) is 44.6 Å². The number of nitrogens with zero attached hydrogens (tertiary/aromatic N) is 1. The quantitative estimate of drug-likeness (QED) is 0.886. The van der Waals surface area contributed by atoms with Crippen LogP contribution in [-0.4, -0.2) is 28.5 Å². The molecule has 0 radical (unpaired) electrons. The second-order valence-electron chi connectivity index (χ2n) is 5.80. The van der Waals surface area contributed by atoms with E-state index in [-0.39, 0.29) is 11.7 Å². The van der Waals surface area contributed by atoms with E-state index in [0.717, 1.165) is 19.4 Å². The SMILES string of the molecule is O=C(c1cccc(O)c1)N1CCCC1C1CCCC1. The number of amides is 1. The minimum atomic E-state index is 0.0882. The van der Waals surface area contributed by atoms with E-state index >= 15 is 0 Å². The third-order valence-electron chi connectivity index (χ3n) is 4.60. The predicted octanol–water partition coefficient (Wildman–Crippen LogP) is 3.19. The number of aromatic hydroxyl groups is 1. The molecular formula is C16H21NO2. The van der Waals surface area contributed by atoms with Gasteiger partial charge in [0.25, 0.3) is 5.91 Å². The van der Waals surface area contributed by atoms with Crippen LogP contribution in [-0.2, 0) is 0 Å². The maximum Gasteiger partial charge on any atom is 0.254 e. The predicted molar refractivity (Wildman–Crippen MR) is 74.1 cm³/mol. The molecule has 0 aromatic heterocycles. The molecule has 1 N–H and O–H groups in total. The number of carbonyl (C=O) groups excluding carboxylic acids is 1. The molecule has 1 unspecified atom stereocenters. The molecular weight excluding hydrogens is 238 g/mol. The Morgan fingerprint density at radius 1 is 1.16 bits per heavy atom. The molecule has 1 saturated heterocycles. The number of rotatable bonds is 2. The molecule has 102 valence electrons. The fraction of sp³-hybridized carbons (Fsp3) is 0.562. The van der Waals surface area contributed by atoms with Crippen LogP contribution in [0.5, 0.6) is 5.75 Å². The average molecular weight is 259 g/mol. The number of hydrogen-bond acceptors (Lipinski definition) is 2. The third-order valence-corrected chi connectivity index (χ3v) is 4.60. The van der Waals surface area contributed by atoms with Crippen LogP contribution >= 0.6 is 0 Å². The van der Waals surface area contributed by atoms with Gasteiger partial charge in [0, 0.05) is 18.2 Å². The summed E-state index contributed by atoms with van der Waals surface area (Å²) in [6, 6.07) is 7.15. The fourth-order valence-electron chi connectivity index (χ4n) is 3.68. The molecule has 1 aliphatic heterocycles. The molecule has 1 heterocycles. The topological polar surface area (TPSA) is 40.5 Å². The lowest BCUT2D eigenvalue weighted by Gasteiger charge is -2.29. The normalized spacial score (nSPS) is 24.0. The van der Waals surface area contributed by atoms with Gasteiger partial charge in [-0.3, -0.25) is 4.79 Å². The smallest absolute Gasteiger partial charge is 0.254 e. The first-order chi connectivity index (χ1) is 9.25. The first kappa shape index (κ1) is 12.5. The van der Waals surface area contributed by atoms with Crippen molar-refractivity contribution in [2.24, 2.45) is 5.92 Å². The number of hydrogen-bond donors (Lipinski definition) is 1. The maximum absolute atomic E-state index is 12.6. The van der Waals surface area contributed by atoms with Gasteiger partial charge in [-0.2, -0.15) is 0 Å². The van der Waals surface area contributed by atoms with Gasteiger partial charge >= 0.3 is 0 Å². The zero-order valence-corrected chi connectivity index (χ0v) is 11.2. The van der Waals surface area contributed by atoms with E-state index in [1.807, 2.05) is 4.90 Å². The summed E-state index contributed by atoms with van der Waals surface area (Å²) in [4.78, 5) is 14.6. The van der Waals surface area contributed by atoms with E-state index in [9.17, 15) is 9.90 Å². The highest BCUT2D eigenvalue weighted by atomic mass is 16.3. The average Bonchev–Trinajstić information content (AvgIpc) is 3.08. The minimum absolute atomic E-state index is 0.0882. The Hall–Kier alpha value is -1.51. The molecule has 1 aromatic carbocycles. The Kier molecular flexibility index (Phi) is 3.45. The lowest BCUT2D eigenvalue weighted by Crippen LogP contribution is -2.39. The number of benzene rings is 1. The molecule has 0 bridgehead atoms.